The van der Waals surface area contributed by atoms with Crippen molar-refractivity contribution >= 4 is 42.4 Å². The van der Waals surface area contributed by atoms with E-state index in [0.717, 1.165) is 4.70 Å². The molecule has 0 saturated heterocycles. The molecule has 1 N–H and O–H groups in total. The molecule has 1 atom stereocenters. The lowest BCUT2D eigenvalue weighted by molar-refractivity contribution is -0.123. The average Bonchev–Trinajstić information content (AvgIpc) is 3.51. The van der Waals surface area contributed by atoms with Crippen molar-refractivity contribution in [3.05, 3.63) is 71.8 Å². The number of hydrogen-bond acceptors (Lipinski definition) is 9. The summed E-state index contributed by atoms with van der Waals surface area (Å²) in [6, 6.07) is 17.9. The van der Waals surface area contributed by atoms with Crippen LogP contribution in [0, 0.1) is 11.3 Å². The van der Waals surface area contributed by atoms with Crippen LogP contribution in [0.4, 0.5) is 5.13 Å². The monoisotopic (exact) mass is 521 g/mol. The predicted octanol–water partition coefficient (Wildman–Crippen LogP) is 4.45. The number of carbonyl (C=O) groups excluding carboxylic acids is 1. The molecule has 0 bridgehead atoms. The minimum atomic E-state index is -3.40. The summed E-state index contributed by atoms with van der Waals surface area (Å²) in [7, 11) is -3.40. The Bertz CT molecular complexity index is 1550. The van der Waals surface area contributed by atoms with E-state index in [9.17, 15) is 13.2 Å². The molecule has 36 heavy (non-hydrogen) atoms. The average molecular weight is 522 g/mol. The highest BCUT2D eigenvalue weighted by atomic mass is 32.2. The van der Waals surface area contributed by atoms with Gasteiger partial charge in [-0.1, -0.05) is 30.4 Å². The van der Waals surface area contributed by atoms with Gasteiger partial charge >= 0.3 is 0 Å². The van der Waals surface area contributed by atoms with Crippen LogP contribution in [0.5, 0.6) is 17.2 Å². The number of sulfone groups is 1. The largest absolute Gasteiger partial charge is 0.476 e. The van der Waals surface area contributed by atoms with Gasteiger partial charge in [-0.25, -0.2) is 13.4 Å². The van der Waals surface area contributed by atoms with E-state index in [1.165, 1.54) is 23.5 Å². The summed E-state index contributed by atoms with van der Waals surface area (Å²) in [5.41, 5.74) is 1.55. The Hall–Kier alpha value is -4.14. The first-order valence-electron chi connectivity index (χ1n) is 10.9. The first-order chi connectivity index (χ1) is 17.4. The Morgan fingerprint density at radius 1 is 1.14 bits per heavy atom. The maximum Gasteiger partial charge on any atom is 0.271 e. The summed E-state index contributed by atoms with van der Waals surface area (Å²) in [6.45, 7) is 1.72. The Labute approximate surface area is 210 Å². The lowest BCUT2D eigenvalue weighted by Crippen LogP contribution is -2.25. The fourth-order valence-electron chi connectivity index (χ4n) is 3.58. The third-order valence-corrected chi connectivity index (χ3v) is 8.19. The number of fused-ring (bicyclic) bond motifs is 2. The highest BCUT2D eigenvalue weighted by Gasteiger charge is 2.26. The molecule has 3 aromatic carbocycles. The van der Waals surface area contributed by atoms with Gasteiger partial charge in [-0.05, 0) is 36.4 Å². The van der Waals surface area contributed by atoms with E-state index in [4.69, 9.17) is 19.5 Å². The summed E-state index contributed by atoms with van der Waals surface area (Å²) in [6.07, 6.45) is -1.11. The lowest BCUT2D eigenvalue weighted by Gasteiger charge is -2.19. The van der Waals surface area contributed by atoms with Gasteiger partial charge in [0.15, 0.2) is 26.5 Å². The summed E-state index contributed by atoms with van der Waals surface area (Å²) >= 11 is 1.27. The molecule has 0 spiro atoms. The number of amides is 1. The van der Waals surface area contributed by atoms with E-state index in [1.54, 1.807) is 49.4 Å². The number of carbonyl (C=O) groups is 1. The van der Waals surface area contributed by atoms with Crippen LogP contribution in [-0.4, -0.2) is 31.9 Å². The number of thiazole rings is 1. The first-order valence-corrected chi connectivity index (χ1v) is 13.3. The van der Waals surface area contributed by atoms with Gasteiger partial charge in [0.25, 0.3) is 5.91 Å². The first kappa shape index (κ1) is 23.6. The molecule has 0 saturated carbocycles. The number of hydrogen-bond donors (Lipinski definition) is 1. The molecule has 2 heterocycles. The number of benzene rings is 3. The van der Waals surface area contributed by atoms with Crippen molar-refractivity contribution in [2.24, 2.45) is 0 Å². The number of aromatic nitrogens is 1. The SMILES string of the molecule is CCS(=O)(=O)c1ccc(C(Oc2ccc(C#N)cc2)C(=O)Nc2nc3cc4c(cc3s2)OCO4)cc1. The Morgan fingerprint density at radius 3 is 2.50 bits per heavy atom. The van der Waals surface area contributed by atoms with Gasteiger partial charge in [0, 0.05) is 17.7 Å². The number of nitriles is 1. The van der Waals surface area contributed by atoms with E-state index in [0.29, 0.717) is 39.0 Å². The van der Waals surface area contributed by atoms with Crippen LogP contribution in [0.1, 0.15) is 24.2 Å². The molecule has 0 aliphatic carbocycles. The van der Waals surface area contributed by atoms with E-state index in [-0.39, 0.29) is 17.4 Å². The van der Waals surface area contributed by atoms with Crippen molar-refractivity contribution in [2.45, 2.75) is 17.9 Å². The van der Waals surface area contributed by atoms with Gasteiger partial charge in [-0.3, -0.25) is 10.1 Å². The van der Waals surface area contributed by atoms with Gasteiger partial charge in [-0.15, -0.1) is 0 Å². The number of anilines is 1. The maximum atomic E-state index is 13.4. The normalized spacial score (nSPS) is 13.2. The topological polar surface area (TPSA) is 128 Å². The zero-order valence-corrected chi connectivity index (χ0v) is 20.6. The van der Waals surface area contributed by atoms with Crippen molar-refractivity contribution < 1.29 is 27.4 Å². The van der Waals surface area contributed by atoms with Crippen molar-refractivity contribution in [1.29, 1.82) is 5.26 Å². The summed E-state index contributed by atoms with van der Waals surface area (Å²) < 4.78 is 42.0. The molecule has 0 fully saturated rings. The molecule has 9 nitrogen and oxygen atoms in total. The van der Waals surface area contributed by atoms with Crippen molar-refractivity contribution in [1.82, 2.24) is 4.98 Å². The third kappa shape index (κ3) is 4.68. The van der Waals surface area contributed by atoms with Crippen molar-refractivity contribution in [2.75, 3.05) is 17.9 Å². The predicted molar refractivity (Wildman–Crippen MR) is 133 cm³/mol. The van der Waals surface area contributed by atoms with Gasteiger partial charge in [0.05, 0.1) is 32.5 Å². The Kier molecular flexibility index (Phi) is 6.22. The van der Waals surface area contributed by atoms with Gasteiger partial charge in [-0.2, -0.15) is 5.26 Å². The molecular weight excluding hydrogens is 502 g/mol. The van der Waals surface area contributed by atoms with Crippen LogP contribution in [0.3, 0.4) is 0 Å². The highest BCUT2D eigenvalue weighted by Crippen LogP contribution is 2.39. The van der Waals surface area contributed by atoms with E-state index >= 15 is 0 Å². The van der Waals surface area contributed by atoms with Gasteiger partial charge in [0.1, 0.15) is 5.75 Å². The third-order valence-electron chi connectivity index (χ3n) is 5.51. The molecule has 0 radical (unpaired) electrons. The van der Waals surface area contributed by atoms with E-state index in [1.807, 2.05) is 12.1 Å². The van der Waals surface area contributed by atoms with Crippen LogP contribution < -0.4 is 19.5 Å². The second kappa shape index (κ2) is 9.49. The lowest BCUT2D eigenvalue weighted by atomic mass is 10.1. The molecular formula is C25H19N3O6S2. The van der Waals surface area contributed by atoms with Crippen LogP contribution in [0.2, 0.25) is 0 Å². The minimum Gasteiger partial charge on any atom is -0.476 e. The van der Waals surface area contributed by atoms with Crippen LogP contribution in [0.15, 0.2) is 65.6 Å². The maximum absolute atomic E-state index is 13.4. The number of nitrogens with zero attached hydrogens (tertiary/aromatic N) is 2. The zero-order chi connectivity index (χ0) is 25.3. The summed E-state index contributed by atoms with van der Waals surface area (Å²) in [5, 5.41) is 12.2. The fourth-order valence-corrected chi connectivity index (χ4v) is 5.34. The molecule has 1 amide bonds. The minimum absolute atomic E-state index is 0.0326. The molecule has 4 aromatic rings. The molecule has 182 valence electrons. The molecule has 1 aliphatic rings. The zero-order valence-electron chi connectivity index (χ0n) is 18.9. The van der Waals surface area contributed by atoms with Crippen molar-refractivity contribution in [3.8, 4) is 23.3 Å². The Morgan fingerprint density at radius 2 is 1.83 bits per heavy atom. The number of rotatable bonds is 7. The number of nitrogens with one attached hydrogen (secondary N) is 1. The molecule has 1 unspecified atom stereocenters. The summed E-state index contributed by atoms with van der Waals surface area (Å²) in [5.74, 6) is 1.05. The molecule has 5 rings (SSSR count). The van der Waals surface area contributed by atoms with Gasteiger partial charge in [0.2, 0.25) is 12.9 Å². The summed E-state index contributed by atoms with van der Waals surface area (Å²) in [4.78, 5) is 18.0. The quantitative estimate of drug-likeness (QED) is 0.378. The van der Waals surface area contributed by atoms with Crippen LogP contribution in [-0.2, 0) is 14.6 Å². The fraction of sp³-hybridized carbons (Fsp3) is 0.160. The second-order valence-electron chi connectivity index (χ2n) is 7.79. The van der Waals surface area contributed by atoms with Crippen LogP contribution in [0.25, 0.3) is 10.2 Å². The standard InChI is InChI=1S/C25H19N3O6S2/c1-2-36(30,31)18-9-5-16(6-10-18)23(34-17-7-3-15(13-26)4-8-17)24(29)28-25-27-19-11-20-21(33-14-32-20)12-22(19)35-25/h3-12,23H,2,14H2,1H3,(H,27,28,29). The molecule has 1 aliphatic heterocycles. The number of ether oxygens (including phenoxy) is 3. The van der Waals surface area contributed by atoms with Crippen LogP contribution >= 0.6 is 11.3 Å². The van der Waals surface area contributed by atoms with Gasteiger partial charge < -0.3 is 14.2 Å². The van der Waals surface area contributed by atoms with E-state index < -0.39 is 21.8 Å². The molecule has 11 heteroatoms. The second-order valence-corrected chi connectivity index (χ2v) is 11.1. The Balaban J connectivity index is 1.44. The molecule has 1 aromatic heterocycles. The van der Waals surface area contributed by atoms with E-state index in [2.05, 4.69) is 10.3 Å². The smallest absolute Gasteiger partial charge is 0.271 e. The highest BCUT2D eigenvalue weighted by molar-refractivity contribution is 7.91. The van der Waals surface area contributed by atoms with Crippen molar-refractivity contribution in [3.63, 3.8) is 0 Å².